The van der Waals surface area contributed by atoms with Gasteiger partial charge in [-0.15, -0.1) is 26.3 Å². The van der Waals surface area contributed by atoms with Gasteiger partial charge < -0.3 is 10.6 Å². The first-order valence-corrected chi connectivity index (χ1v) is 10.7. The van der Waals surface area contributed by atoms with E-state index in [-0.39, 0.29) is 36.0 Å². The van der Waals surface area contributed by atoms with Crippen LogP contribution in [0.3, 0.4) is 0 Å². The molecule has 2 aromatic carbocycles. The zero-order chi connectivity index (χ0) is 21.9. The van der Waals surface area contributed by atoms with Gasteiger partial charge in [0.25, 0.3) is 0 Å². The Kier molecular flexibility index (Phi) is 9.53. The van der Waals surface area contributed by atoms with Crippen molar-refractivity contribution in [2.75, 3.05) is 0 Å². The maximum absolute atomic E-state index is 4.07. The highest BCUT2D eigenvalue weighted by atomic mass is 15.1. The Morgan fingerprint density at radius 3 is 1.13 bits per heavy atom. The Labute approximate surface area is 183 Å². The number of nitrogens with one attached hydrogen (secondary N) is 2. The maximum atomic E-state index is 4.07. The molecule has 2 aromatic rings. The molecule has 2 rings (SSSR count). The van der Waals surface area contributed by atoms with E-state index in [1.165, 1.54) is 11.1 Å². The summed E-state index contributed by atoms with van der Waals surface area (Å²) in [5, 5.41) is 7.68. The molecule has 0 aliphatic carbocycles. The summed E-state index contributed by atoms with van der Waals surface area (Å²) in [5.74, 6) is 0.165. The highest BCUT2D eigenvalue weighted by Gasteiger charge is 2.32. The van der Waals surface area contributed by atoms with Gasteiger partial charge >= 0.3 is 0 Å². The van der Waals surface area contributed by atoms with E-state index in [9.17, 15) is 0 Å². The van der Waals surface area contributed by atoms with Gasteiger partial charge in [0.05, 0.1) is 0 Å². The molecule has 4 atom stereocenters. The third-order valence-electron chi connectivity index (χ3n) is 5.79. The second-order valence-corrected chi connectivity index (χ2v) is 7.75. The lowest BCUT2D eigenvalue weighted by Gasteiger charge is -2.39. The summed E-state index contributed by atoms with van der Waals surface area (Å²) in [6, 6.07) is 21.4. The van der Waals surface area contributed by atoms with Crippen molar-refractivity contribution in [1.82, 2.24) is 10.6 Å². The van der Waals surface area contributed by atoms with Crippen LogP contribution in [0.2, 0.25) is 0 Å². The molecule has 158 valence electrons. The van der Waals surface area contributed by atoms with E-state index in [0.717, 1.165) is 0 Å². The van der Waals surface area contributed by atoms with Gasteiger partial charge in [0.1, 0.15) is 0 Å². The second-order valence-electron chi connectivity index (χ2n) is 7.75. The normalized spacial score (nSPS) is 15.2. The molecule has 2 nitrogen and oxygen atoms in total. The molecule has 0 unspecified atom stereocenters. The first-order chi connectivity index (χ1) is 14.5. The number of rotatable bonds is 13. The molecule has 0 aromatic heterocycles. The Balaban J connectivity index is 2.38. The smallest absolute Gasteiger partial charge is 0.0332 e. The predicted molar refractivity (Wildman–Crippen MR) is 131 cm³/mol. The number of hydrogen-bond donors (Lipinski definition) is 2. The van der Waals surface area contributed by atoms with Crippen LogP contribution in [0.4, 0.5) is 0 Å². The molecule has 0 bridgehead atoms. The van der Waals surface area contributed by atoms with Gasteiger partial charge in [-0.2, -0.15) is 0 Å². The van der Waals surface area contributed by atoms with E-state index in [1.807, 2.05) is 36.4 Å². The van der Waals surface area contributed by atoms with E-state index >= 15 is 0 Å². The third-order valence-corrected chi connectivity index (χ3v) is 5.79. The van der Waals surface area contributed by atoms with E-state index in [4.69, 9.17) is 0 Å². The average Bonchev–Trinajstić information content (AvgIpc) is 2.80. The fourth-order valence-corrected chi connectivity index (χ4v) is 3.94. The molecule has 2 N–H and O–H groups in total. The quantitative estimate of drug-likeness (QED) is 0.380. The second kappa shape index (κ2) is 12.1. The van der Waals surface area contributed by atoms with Gasteiger partial charge in [-0.3, -0.25) is 0 Å². The van der Waals surface area contributed by atoms with Crippen LogP contribution in [0.1, 0.15) is 37.1 Å². The SMILES string of the molecule is C=CC(C=C)[C@@H](N[C@H](C)c1ccccc1)[C@H](N[C@H](C)c1ccccc1)C(C=C)C=C. The van der Waals surface area contributed by atoms with Gasteiger partial charge in [-0.05, 0) is 25.0 Å². The van der Waals surface area contributed by atoms with Crippen molar-refractivity contribution in [2.45, 2.75) is 38.0 Å². The third kappa shape index (κ3) is 6.16. The highest BCUT2D eigenvalue weighted by molar-refractivity contribution is 5.22. The molecule has 0 amide bonds. The molecule has 0 spiro atoms. The fourth-order valence-electron chi connectivity index (χ4n) is 3.94. The molecular weight excluding hydrogens is 364 g/mol. The van der Waals surface area contributed by atoms with Crippen LogP contribution in [0, 0.1) is 11.8 Å². The van der Waals surface area contributed by atoms with Gasteiger partial charge in [-0.1, -0.05) is 85.0 Å². The lowest BCUT2D eigenvalue weighted by Crippen LogP contribution is -2.55. The molecule has 0 aliphatic heterocycles. The van der Waals surface area contributed by atoms with Crippen molar-refractivity contribution >= 4 is 0 Å². The molecule has 0 heterocycles. The van der Waals surface area contributed by atoms with Crippen LogP contribution >= 0.6 is 0 Å². The Morgan fingerprint density at radius 2 is 0.867 bits per heavy atom. The van der Waals surface area contributed by atoms with E-state index < -0.39 is 0 Å². The van der Waals surface area contributed by atoms with E-state index in [2.05, 4.69) is 99.3 Å². The lowest BCUT2D eigenvalue weighted by molar-refractivity contribution is 0.269. The summed E-state index contributed by atoms with van der Waals surface area (Å²) in [5.41, 5.74) is 2.50. The molecule has 2 heteroatoms. The van der Waals surface area contributed by atoms with Crippen molar-refractivity contribution in [1.29, 1.82) is 0 Å². The van der Waals surface area contributed by atoms with Crippen LogP contribution < -0.4 is 10.6 Å². The minimum Gasteiger partial charge on any atom is -0.305 e. The minimum atomic E-state index is 0.0577. The maximum Gasteiger partial charge on any atom is 0.0332 e. The summed E-state index contributed by atoms with van der Waals surface area (Å²) in [6.07, 6.45) is 7.86. The largest absolute Gasteiger partial charge is 0.305 e. The molecule has 0 saturated heterocycles. The summed E-state index contributed by atoms with van der Waals surface area (Å²) in [6.45, 7) is 20.7. The van der Waals surface area contributed by atoms with Gasteiger partial charge in [0.15, 0.2) is 0 Å². The minimum absolute atomic E-state index is 0.0577. The standard InChI is InChI=1S/C28H36N2/c1-7-23(8-2)27(29-21(5)25-17-13-11-14-18-25)28(24(9-3)10-4)30-22(6)26-19-15-12-16-20-26/h7-24,27-30H,1-4H2,5-6H3/t21-,22-,27-,28-/m1/s1. The van der Waals surface area contributed by atoms with Gasteiger partial charge in [-0.25, -0.2) is 0 Å². The molecular formula is C28H36N2. The molecule has 30 heavy (non-hydrogen) atoms. The summed E-state index contributed by atoms with van der Waals surface area (Å²) in [4.78, 5) is 0. The Bertz CT molecular complexity index is 710. The summed E-state index contributed by atoms with van der Waals surface area (Å²) >= 11 is 0. The van der Waals surface area contributed by atoms with Crippen molar-refractivity contribution in [3.63, 3.8) is 0 Å². The fraction of sp³-hybridized carbons (Fsp3) is 0.286. The number of hydrogen-bond acceptors (Lipinski definition) is 2. The van der Waals surface area contributed by atoms with Crippen LogP contribution in [0.5, 0.6) is 0 Å². The van der Waals surface area contributed by atoms with Crippen molar-refractivity contribution in [2.24, 2.45) is 11.8 Å². The highest BCUT2D eigenvalue weighted by Crippen LogP contribution is 2.25. The van der Waals surface area contributed by atoms with Gasteiger partial charge in [0.2, 0.25) is 0 Å². The Hall–Kier alpha value is -2.68. The van der Waals surface area contributed by atoms with E-state index in [1.54, 1.807) is 0 Å². The van der Waals surface area contributed by atoms with Crippen LogP contribution in [-0.2, 0) is 0 Å². The van der Waals surface area contributed by atoms with Crippen molar-refractivity contribution < 1.29 is 0 Å². The molecule has 0 fully saturated rings. The van der Waals surface area contributed by atoms with E-state index in [0.29, 0.717) is 0 Å². The predicted octanol–water partition coefficient (Wildman–Crippen LogP) is 6.40. The Morgan fingerprint density at radius 1 is 0.567 bits per heavy atom. The topological polar surface area (TPSA) is 24.1 Å². The molecule has 0 saturated carbocycles. The molecule has 0 radical (unpaired) electrons. The van der Waals surface area contributed by atoms with Crippen molar-refractivity contribution in [3.8, 4) is 0 Å². The summed E-state index contributed by atoms with van der Waals surface area (Å²) < 4.78 is 0. The zero-order valence-electron chi connectivity index (χ0n) is 18.4. The van der Waals surface area contributed by atoms with Crippen LogP contribution in [0.25, 0.3) is 0 Å². The molecule has 0 aliphatic rings. The van der Waals surface area contributed by atoms with Crippen molar-refractivity contribution in [3.05, 3.63) is 122 Å². The average molecular weight is 401 g/mol. The lowest BCUT2D eigenvalue weighted by atomic mass is 9.83. The zero-order valence-corrected chi connectivity index (χ0v) is 18.4. The summed E-state index contributed by atoms with van der Waals surface area (Å²) in [7, 11) is 0. The monoisotopic (exact) mass is 400 g/mol. The van der Waals surface area contributed by atoms with Crippen LogP contribution in [-0.4, -0.2) is 12.1 Å². The van der Waals surface area contributed by atoms with Crippen LogP contribution in [0.15, 0.2) is 111 Å². The van der Waals surface area contributed by atoms with Gasteiger partial charge in [0, 0.05) is 36.0 Å². The first kappa shape index (κ1) is 23.6. The first-order valence-electron chi connectivity index (χ1n) is 10.7. The number of benzene rings is 2.